The lowest BCUT2D eigenvalue weighted by Crippen LogP contribution is -2.46. The second-order valence-corrected chi connectivity index (χ2v) is 8.14. The van der Waals surface area contributed by atoms with Gasteiger partial charge in [0.15, 0.2) is 0 Å². The topological polar surface area (TPSA) is 55.4 Å². The third-order valence-corrected chi connectivity index (χ3v) is 5.04. The van der Waals surface area contributed by atoms with Gasteiger partial charge in [-0.05, 0) is 20.1 Å². The van der Waals surface area contributed by atoms with Crippen LogP contribution in [0.5, 0.6) is 0 Å². The average molecular weight is 183 g/mol. The molecule has 0 saturated heterocycles. The monoisotopic (exact) mass is 183 g/mol. The van der Waals surface area contributed by atoms with E-state index in [1.54, 1.807) is 20.1 Å². The van der Waals surface area contributed by atoms with Gasteiger partial charge in [-0.1, -0.05) is 0 Å². The molecule has 0 aliphatic carbocycles. The van der Waals surface area contributed by atoms with Crippen LogP contribution in [0.15, 0.2) is 0 Å². The van der Waals surface area contributed by atoms with Gasteiger partial charge in [0.2, 0.25) is 0 Å². The Hall–Kier alpha value is 0.0869. The van der Waals surface area contributed by atoms with E-state index in [4.69, 9.17) is 3.87 Å². The Bertz CT molecular complexity index is 199. The fourth-order valence-electron chi connectivity index (χ4n) is 0.420. The van der Waals surface area contributed by atoms with Crippen LogP contribution in [0.25, 0.3) is 0 Å². The zero-order valence-electron chi connectivity index (χ0n) is 6.63. The van der Waals surface area contributed by atoms with Crippen molar-refractivity contribution in [3.63, 3.8) is 0 Å². The lowest BCUT2D eigenvalue weighted by Gasteiger charge is -2.18. The Morgan fingerprint density at radius 1 is 1.40 bits per heavy atom. The van der Waals surface area contributed by atoms with Crippen molar-refractivity contribution in [2.24, 2.45) is 0 Å². The van der Waals surface area contributed by atoms with Crippen molar-refractivity contribution < 1.29 is 12.3 Å². The van der Waals surface area contributed by atoms with E-state index < -0.39 is 18.6 Å². The van der Waals surface area contributed by atoms with Gasteiger partial charge in [-0.3, -0.25) is 3.87 Å². The number of hydrogen-bond acceptors (Lipinski definition) is 4. The molecule has 0 aromatic carbocycles. The molecular weight excluding hydrogens is 170 g/mol. The molecule has 4 nitrogen and oxygen atoms in total. The highest BCUT2D eigenvalue weighted by molar-refractivity contribution is 7.87. The van der Waals surface area contributed by atoms with Crippen molar-refractivity contribution in [2.75, 3.05) is 13.3 Å². The number of nitrogens with one attached hydrogen (secondary N) is 1. The third kappa shape index (κ3) is 4.92. The molecule has 0 aromatic heterocycles. The molecule has 0 fully saturated rings. The molecular formula is C4H13NO3SSi. The fourth-order valence-corrected chi connectivity index (χ4v) is 3.78. The normalized spacial score (nSPS) is 13.6. The summed E-state index contributed by atoms with van der Waals surface area (Å²) in [6.45, 7) is 3.54. The molecule has 0 radical (unpaired) electrons. The summed E-state index contributed by atoms with van der Waals surface area (Å²) in [6, 6.07) is 0. The van der Waals surface area contributed by atoms with E-state index >= 15 is 0 Å². The van der Waals surface area contributed by atoms with Crippen LogP contribution in [0, 0.1) is 0 Å². The summed E-state index contributed by atoms with van der Waals surface area (Å²) in [5.74, 6) is 0. The SMILES string of the molecule is CN[Si](C)(C)OS(C)(=O)=O. The van der Waals surface area contributed by atoms with E-state index in [1.165, 1.54) is 0 Å². The van der Waals surface area contributed by atoms with Crippen LogP contribution in [0.4, 0.5) is 0 Å². The predicted molar refractivity (Wildman–Crippen MR) is 42.5 cm³/mol. The zero-order chi connectivity index (χ0) is 8.41. The molecule has 0 unspecified atom stereocenters. The maximum absolute atomic E-state index is 10.6. The van der Waals surface area contributed by atoms with Crippen molar-refractivity contribution in [3.8, 4) is 0 Å². The van der Waals surface area contributed by atoms with Crippen LogP contribution < -0.4 is 4.98 Å². The van der Waals surface area contributed by atoms with Gasteiger partial charge < -0.3 is 4.98 Å². The first-order chi connectivity index (χ1) is 4.27. The first-order valence-corrected chi connectivity index (χ1v) is 7.59. The van der Waals surface area contributed by atoms with Gasteiger partial charge in [0, 0.05) is 0 Å². The van der Waals surface area contributed by atoms with Crippen LogP contribution in [-0.2, 0) is 14.0 Å². The van der Waals surface area contributed by atoms with E-state index in [0.29, 0.717) is 0 Å². The number of rotatable bonds is 3. The first kappa shape index (κ1) is 10.1. The lowest BCUT2D eigenvalue weighted by molar-refractivity contribution is 0.483. The zero-order valence-corrected chi connectivity index (χ0v) is 8.45. The largest absolute Gasteiger partial charge is 0.318 e. The predicted octanol–water partition coefficient (Wildman–Crippen LogP) is -0.116. The highest BCUT2D eigenvalue weighted by Gasteiger charge is 2.25. The van der Waals surface area contributed by atoms with Gasteiger partial charge in [0.1, 0.15) is 0 Å². The Kier molecular flexibility index (Phi) is 3.02. The van der Waals surface area contributed by atoms with Gasteiger partial charge in [-0.25, -0.2) is 8.42 Å². The van der Waals surface area contributed by atoms with Gasteiger partial charge in [-0.2, -0.15) is 0 Å². The minimum atomic E-state index is -3.29. The Morgan fingerprint density at radius 2 is 1.80 bits per heavy atom. The molecule has 0 heterocycles. The van der Waals surface area contributed by atoms with Gasteiger partial charge in [0.25, 0.3) is 18.6 Å². The van der Waals surface area contributed by atoms with Crippen LogP contribution in [-0.4, -0.2) is 30.2 Å². The van der Waals surface area contributed by atoms with Crippen LogP contribution >= 0.6 is 0 Å². The minimum Gasteiger partial charge on any atom is -0.318 e. The Balaban J connectivity index is 4.16. The lowest BCUT2D eigenvalue weighted by atomic mass is 11.6. The standard InChI is InChI=1S/C4H13NO3SSi/c1-5-10(3,4)8-9(2,6)7/h5H,1-4H3. The van der Waals surface area contributed by atoms with Gasteiger partial charge in [-0.15, -0.1) is 0 Å². The maximum atomic E-state index is 10.6. The Labute approximate surface area is 62.9 Å². The van der Waals surface area contributed by atoms with Gasteiger partial charge in [0.05, 0.1) is 6.26 Å². The van der Waals surface area contributed by atoms with Crippen molar-refractivity contribution in [3.05, 3.63) is 0 Å². The minimum absolute atomic E-state index is 1.05. The third-order valence-electron chi connectivity index (χ3n) is 0.962. The van der Waals surface area contributed by atoms with Crippen LogP contribution in [0.3, 0.4) is 0 Å². The maximum Gasteiger partial charge on any atom is 0.284 e. The van der Waals surface area contributed by atoms with Gasteiger partial charge >= 0.3 is 0 Å². The van der Waals surface area contributed by atoms with E-state index in [9.17, 15) is 8.42 Å². The second-order valence-electron chi connectivity index (χ2n) is 2.55. The van der Waals surface area contributed by atoms with Crippen molar-refractivity contribution in [1.29, 1.82) is 0 Å². The van der Waals surface area contributed by atoms with Crippen molar-refractivity contribution >= 4 is 18.6 Å². The van der Waals surface area contributed by atoms with Crippen LogP contribution in [0.2, 0.25) is 13.1 Å². The molecule has 62 valence electrons. The highest BCUT2D eigenvalue weighted by atomic mass is 32.2. The van der Waals surface area contributed by atoms with E-state index in [-0.39, 0.29) is 0 Å². The molecule has 0 aliphatic heterocycles. The summed E-state index contributed by atoms with van der Waals surface area (Å²) in [5, 5.41) is 0. The first-order valence-electron chi connectivity index (χ1n) is 2.86. The smallest absolute Gasteiger partial charge is 0.284 e. The molecule has 0 bridgehead atoms. The molecule has 0 aromatic rings. The van der Waals surface area contributed by atoms with Crippen LogP contribution in [0.1, 0.15) is 0 Å². The Morgan fingerprint density at radius 3 is 1.90 bits per heavy atom. The fraction of sp³-hybridized carbons (Fsp3) is 1.00. The molecule has 0 aliphatic rings. The summed E-state index contributed by atoms with van der Waals surface area (Å²) in [4.78, 5) is 2.84. The molecule has 0 rings (SSSR count). The second kappa shape index (κ2) is 2.99. The van der Waals surface area contributed by atoms with Crippen molar-refractivity contribution in [2.45, 2.75) is 13.1 Å². The molecule has 0 saturated carbocycles. The highest BCUT2D eigenvalue weighted by Crippen LogP contribution is 2.01. The molecule has 6 heteroatoms. The van der Waals surface area contributed by atoms with E-state index in [1.807, 2.05) is 0 Å². The summed E-state index contributed by atoms with van der Waals surface area (Å²) in [5.41, 5.74) is 0. The quantitative estimate of drug-likeness (QED) is 0.620. The summed E-state index contributed by atoms with van der Waals surface area (Å²) >= 11 is 0. The van der Waals surface area contributed by atoms with E-state index in [0.717, 1.165) is 6.26 Å². The summed E-state index contributed by atoms with van der Waals surface area (Å²) in [6.07, 6.45) is 1.05. The molecule has 0 amide bonds. The van der Waals surface area contributed by atoms with Crippen molar-refractivity contribution in [1.82, 2.24) is 4.98 Å². The molecule has 10 heavy (non-hydrogen) atoms. The van der Waals surface area contributed by atoms with E-state index in [2.05, 4.69) is 4.98 Å². The summed E-state index contributed by atoms with van der Waals surface area (Å²) < 4.78 is 25.9. The molecule has 1 N–H and O–H groups in total. The molecule has 0 atom stereocenters. The summed E-state index contributed by atoms with van der Waals surface area (Å²) in [7, 11) is -3.75. The number of hydrogen-bond donors (Lipinski definition) is 1. The average Bonchev–Trinajstić information content (AvgIpc) is 1.60. The molecule has 0 spiro atoms.